The van der Waals surface area contributed by atoms with Crippen LogP contribution in [0.3, 0.4) is 0 Å². The van der Waals surface area contributed by atoms with Crippen LogP contribution in [0.5, 0.6) is 0 Å². The SMILES string of the molecule is C=CCc1c[nH]c2c(C)ccc(F)c12. The van der Waals surface area contributed by atoms with Crippen molar-refractivity contribution in [1.82, 2.24) is 4.98 Å². The molecule has 0 aliphatic heterocycles. The predicted octanol–water partition coefficient (Wildman–Crippen LogP) is 3.34. The number of halogens is 1. The molecule has 1 heterocycles. The first-order valence-corrected chi connectivity index (χ1v) is 4.60. The van der Waals surface area contributed by atoms with Crippen LogP contribution in [0, 0.1) is 12.7 Å². The van der Waals surface area contributed by atoms with E-state index in [9.17, 15) is 4.39 Å². The summed E-state index contributed by atoms with van der Waals surface area (Å²) >= 11 is 0. The van der Waals surface area contributed by atoms with Crippen molar-refractivity contribution in [2.75, 3.05) is 0 Å². The first-order valence-electron chi connectivity index (χ1n) is 4.60. The molecule has 2 aromatic rings. The van der Waals surface area contributed by atoms with Crippen LogP contribution < -0.4 is 0 Å². The molecular weight excluding hydrogens is 177 g/mol. The number of rotatable bonds is 2. The van der Waals surface area contributed by atoms with Crippen LogP contribution in [-0.4, -0.2) is 4.98 Å². The maximum Gasteiger partial charge on any atom is 0.132 e. The van der Waals surface area contributed by atoms with E-state index < -0.39 is 0 Å². The summed E-state index contributed by atoms with van der Waals surface area (Å²) < 4.78 is 13.5. The molecule has 0 saturated heterocycles. The zero-order valence-corrected chi connectivity index (χ0v) is 8.10. The highest BCUT2D eigenvalue weighted by atomic mass is 19.1. The quantitative estimate of drug-likeness (QED) is 0.697. The molecule has 0 saturated carbocycles. The van der Waals surface area contributed by atoms with Gasteiger partial charge < -0.3 is 4.98 Å². The number of aryl methyl sites for hydroxylation is 1. The summed E-state index contributed by atoms with van der Waals surface area (Å²) in [5.41, 5.74) is 2.93. The van der Waals surface area contributed by atoms with Crippen molar-refractivity contribution < 1.29 is 4.39 Å². The minimum Gasteiger partial charge on any atom is -0.361 e. The summed E-state index contributed by atoms with van der Waals surface area (Å²) in [6, 6.07) is 3.30. The molecule has 0 aliphatic carbocycles. The van der Waals surface area contributed by atoms with Gasteiger partial charge in [0.15, 0.2) is 0 Å². The van der Waals surface area contributed by atoms with E-state index in [1.165, 1.54) is 6.07 Å². The molecule has 1 aromatic carbocycles. The maximum absolute atomic E-state index is 13.5. The van der Waals surface area contributed by atoms with Crippen LogP contribution in [0.1, 0.15) is 11.1 Å². The van der Waals surface area contributed by atoms with Crippen molar-refractivity contribution in [2.45, 2.75) is 13.3 Å². The lowest BCUT2D eigenvalue weighted by Gasteiger charge is -1.99. The second-order valence-electron chi connectivity index (χ2n) is 3.42. The summed E-state index contributed by atoms with van der Waals surface area (Å²) in [6.45, 7) is 5.63. The zero-order chi connectivity index (χ0) is 10.1. The maximum atomic E-state index is 13.5. The van der Waals surface area contributed by atoms with Gasteiger partial charge in [-0.15, -0.1) is 6.58 Å². The summed E-state index contributed by atoms with van der Waals surface area (Å²) in [6.07, 6.45) is 4.33. The van der Waals surface area contributed by atoms with E-state index >= 15 is 0 Å². The molecule has 0 unspecified atom stereocenters. The van der Waals surface area contributed by atoms with E-state index in [1.807, 2.05) is 13.1 Å². The van der Waals surface area contributed by atoms with E-state index in [4.69, 9.17) is 0 Å². The van der Waals surface area contributed by atoms with Gasteiger partial charge in [0, 0.05) is 11.6 Å². The summed E-state index contributed by atoms with van der Waals surface area (Å²) in [5, 5.41) is 0.699. The van der Waals surface area contributed by atoms with Gasteiger partial charge in [-0.25, -0.2) is 4.39 Å². The molecule has 14 heavy (non-hydrogen) atoms. The van der Waals surface area contributed by atoms with Crippen LogP contribution in [0.2, 0.25) is 0 Å². The van der Waals surface area contributed by atoms with Gasteiger partial charge in [0.1, 0.15) is 5.82 Å². The first kappa shape index (κ1) is 9.00. The van der Waals surface area contributed by atoms with Gasteiger partial charge in [0.25, 0.3) is 0 Å². The Morgan fingerprint density at radius 1 is 1.50 bits per heavy atom. The lowest BCUT2D eigenvalue weighted by atomic mass is 10.1. The fraction of sp³-hybridized carbons (Fsp3) is 0.167. The van der Waals surface area contributed by atoms with Gasteiger partial charge in [-0.3, -0.25) is 0 Å². The summed E-state index contributed by atoms with van der Waals surface area (Å²) in [5.74, 6) is -0.163. The molecule has 1 aromatic heterocycles. The van der Waals surface area contributed by atoms with Crippen LogP contribution in [0.25, 0.3) is 10.9 Å². The number of benzene rings is 1. The Hall–Kier alpha value is -1.57. The Balaban J connectivity index is 2.76. The third-order valence-corrected chi connectivity index (χ3v) is 2.44. The lowest BCUT2D eigenvalue weighted by molar-refractivity contribution is 0.639. The van der Waals surface area contributed by atoms with Crippen molar-refractivity contribution in [3.8, 4) is 0 Å². The lowest BCUT2D eigenvalue weighted by Crippen LogP contribution is -1.84. The van der Waals surface area contributed by atoms with E-state index in [1.54, 1.807) is 12.1 Å². The third kappa shape index (κ3) is 1.23. The predicted molar refractivity (Wildman–Crippen MR) is 56.9 cm³/mol. The van der Waals surface area contributed by atoms with Gasteiger partial charge in [0.05, 0.1) is 5.52 Å². The van der Waals surface area contributed by atoms with Gasteiger partial charge in [-0.1, -0.05) is 12.1 Å². The summed E-state index contributed by atoms with van der Waals surface area (Å²) in [7, 11) is 0. The number of hydrogen-bond donors (Lipinski definition) is 1. The Kier molecular flexibility index (Phi) is 2.12. The van der Waals surface area contributed by atoms with Crippen LogP contribution in [-0.2, 0) is 6.42 Å². The Labute approximate surface area is 82.3 Å². The van der Waals surface area contributed by atoms with Crippen molar-refractivity contribution in [3.63, 3.8) is 0 Å². The molecule has 0 radical (unpaired) electrons. The fourth-order valence-electron chi connectivity index (χ4n) is 1.73. The molecule has 1 N–H and O–H groups in total. The van der Waals surface area contributed by atoms with Gasteiger partial charge in [-0.05, 0) is 30.5 Å². The number of hydrogen-bond acceptors (Lipinski definition) is 0. The number of fused-ring (bicyclic) bond motifs is 1. The number of aromatic nitrogens is 1. The second-order valence-corrected chi connectivity index (χ2v) is 3.42. The topological polar surface area (TPSA) is 15.8 Å². The minimum atomic E-state index is -0.163. The highest BCUT2D eigenvalue weighted by Gasteiger charge is 2.08. The molecule has 0 bridgehead atoms. The fourth-order valence-corrected chi connectivity index (χ4v) is 1.73. The van der Waals surface area contributed by atoms with E-state index in [0.29, 0.717) is 11.8 Å². The smallest absolute Gasteiger partial charge is 0.132 e. The molecular formula is C12H12FN. The number of allylic oxidation sites excluding steroid dienone is 1. The van der Waals surface area contributed by atoms with Crippen molar-refractivity contribution in [3.05, 3.63) is 47.9 Å². The van der Waals surface area contributed by atoms with Gasteiger partial charge in [-0.2, -0.15) is 0 Å². The van der Waals surface area contributed by atoms with Crippen LogP contribution in [0.15, 0.2) is 31.0 Å². The molecule has 0 spiro atoms. The molecule has 0 atom stereocenters. The molecule has 2 rings (SSSR count). The second kappa shape index (κ2) is 3.29. The zero-order valence-electron chi connectivity index (χ0n) is 8.10. The molecule has 2 heteroatoms. The van der Waals surface area contributed by atoms with Crippen molar-refractivity contribution in [1.29, 1.82) is 0 Å². The van der Waals surface area contributed by atoms with E-state index in [-0.39, 0.29) is 5.82 Å². The monoisotopic (exact) mass is 189 g/mol. The molecule has 0 aliphatic rings. The highest BCUT2D eigenvalue weighted by Crippen LogP contribution is 2.24. The molecule has 0 amide bonds. The standard InChI is InChI=1S/C12H12FN/c1-3-4-9-7-14-12-8(2)5-6-10(13)11(9)12/h3,5-7,14H,1,4H2,2H3. The highest BCUT2D eigenvalue weighted by molar-refractivity contribution is 5.86. The van der Waals surface area contributed by atoms with Crippen molar-refractivity contribution >= 4 is 10.9 Å². The largest absolute Gasteiger partial charge is 0.361 e. The first-order chi connectivity index (χ1) is 6.74. The number of H-pyrrole nitrogens is 1. The molecule has 1 nitrogen and oxygen atoms in total. The Morgan fingerprint density at radius 3 is 3.00 bits per heavy atom. The van der Waals surface area contributed by atoms with Gasteiger partial charge in [0.2, 0.25) is 0 Å². The average molecular weight is 189 g/mol. The average Bonchev–Trinajstić information content (AvgIpc) is 2.58. The normalized spacial score (nSPS) is 10.7. The van der Waals surface area contributed by atoms with Crippen LogP contribution in [0.4, 0.5) is 4.39 Å². The molecule has 0 fully saturated rings. The van der Waals surface area contributed by atoms with Crippen molar-refractivity contribution in [2.24, 2.45) is 0 Å². The number of aromatic amines is 1. The Bertz CT molecular complexity index is 482. The van der Waals surface area contributed by atoms with E-state index in [0.717, 1.165) is 16.6 Å². The minimum absolute atomic E-state index is 0.163. The van der Waals surface area contributed by atoms with E-state index in [2.05, 4.69) is 11.6 Å². The summed E-state index contributed by atoms with van der Waals surface area (Å²) in [4.78, 5) is 3.09. The van der Waals surface area contributed by atoms with Crippen LogP contribution >= 0.6 is 0 Å². The number of nitrogens with one attached hydrogen (secondary N) is 1. The third-order valence-electron chi connectivity index (χ3n) is 2.44. The molecule has 72 valence electrons. The van der Waals surface area contributed by atoms with Gasteiger partial charge >= 0.3 is 0 Å². The Morgan fingerprint density at radius 2 is 2.29 bits per heavy atom.